The van der Waals surface area contributed by atoms with Crippen molar-refractivity contribution in [3.8, 4) is 0 Å². The van der Waals surface area contributed by atoms with E-state index in [1.807, 2.05) is 0 Å². The van der Waals surface area contributed by atoms with Crippen molar-refractivity contribution in [3.63, 3.8) is 0 Å². The van der Waals surface area contributed by atoms with Crippen LogP contribution in [0.15, 0.2) is 54.6 Å². The Balaban J connectivity index is 2.56. The Morgan fingerprint density at radius 1 is 0.882 bits per heavy atom. The first-order valence-electron chi connectivity index (χ1n) is 6.30. The molecule has 2 rings (SSSR count). The van der Waals surface area contributed by atoms with Crippen LogP contribution in [0.3, 0.4) is 0 Å². The van der Waals surface area contributed by atoms with Crippen LogP contribution in [0.2, 0.25) is 12.6 Å². The van der Waals surface area contributed by atoms with Crippen molar-refractivity contribution < 1.29 is 0 Å². The molecule has 0 saturated carbocycles. The summed E-state index contributed by atoms with van der Waals surface area (Å²) in [5, 5.41) is 3.12. The first-order chi connectivity index (χ1) is 8.18. The van der Waals surface area contributed by atoms with Crippen LogP contribution in [0.25, 0.3) is 0 Å². The third-order valence-electron chi connectivity index (χ3n) is 3.86. The summed E-state index contributed by atoms with van der Waals surface area (Å²) < 4.78 is 0. The summed E-state index contributed by atoms with van der Waals surface area (Å²) in [6.07, 6.45) is 0. The minimum atomic E-state index is -1.52. The van der Waals surface area contributed by atoms with Crippen molar-refractivity contribution >= 4 is 18.4 Å². The fraction of sp³-hybridized carbons (Fsp3) is 0.250. The highest BCUT2D eigenvalue weighted by molar-refractivity contribution is 7.01. The Labute approximate surface area is 105 Å². The van der Waals surface area contributed by atoms with Crippen molar-refractivity contribution in [1.82, 2.24) is 0 Å². The highest BCUT2D eigenvalue weighted by Gasteiger charge is 2.30. The van der Waals surface area contributed by atoms with Gasteiger partial charge >= 0.3 is 0 Å². The van der Waals surface area contributed by atoms with Crippen LogP contribution >= 0.6 is 0 Å². The van der Waals surface area contributed by atoms with Gasteiger partial charge in [-0.2, -0.15) is 0 Å². The molecule has 1 atom stereocenters. The minimum absolute atomic E-state index is 1.25. The normalized spacial score (nSPS) is 14.3. The van der Waals surface area contributed by atoms with Crippen LogP contribution in [-0.4, -0.2) is 8.07 Å². The van der Waals surface area contributed by atoms with E-state index in [0.29, 0.717) is 0 Å². The second-order valence-corrected chi connectivity index (χ2v) is 9.35. The van der Waals surface area contributed by atoms with Gasteiger partial charge in [-0.25, -0.2) is 0 Å². The van der Waals surface area contributed by atoms with Gasteiger partial charge in [-0.1, -0.05) is 90.0 Å². The van der Waals surface area contributed by atoms with Crippen LogP contribution in [0.5, 0.6) is 0 Å². The van der Waals surface area contributed by atoms with Crippen LogP contribution in [0, 0.1) is 6.92 Å². The van der Waals surface area contributed by atoms with E-state index in [-0.39, 0.29) is 0 Å². The summed E-state index contributed by atoms with van der Waals surface area (Å²) in [5.74, 6) is 0. The highest BCUT2D eigenvalue weighted by Crippen LogP contribution is 2.12. The molecule has 0 bridgehead atoms. The number of rotatable bonds is 3. The van der Waals surface area contributed by atoms with Gasteiger partial charge in [-0.3, -0.25) is 0 Å². The van der Waals surface area contributed by atoms with E-state index < -0.39 is 8.07 Å². The first kappa shape index (κ1) is 12.1. The smallest absolute Gasteiger partial charge is 0.0672 e. The quantitative estimate of drug-likeness (QED) is 0.723. The zero-order chi connectivity index (χ0) is 12.3. The lowest BCUT2D eigenvalue weighted by Crippen LogP contribution is -2.55. The maximum atomic E-state index is 2.48. The molecule has 0 spiro atoms. The molecular weight excluding hydrogens is 220 g/mol. The molecule has 0 nitrogen and oxygen atoms in total. The van der Waals surface area contributed by atoms with Crippen molar-refractivity contribution in [2.45, 2.75) is 26.4 Å². The van der Waals surface area contributed by atoms with Gasteiger partial charge in [0.15, 0.2) is 0 Å². The molecule has 2 aromatic rings. The van der Waals surface area contributed by atoms with Gasteiger partial charge in [0, 0.05) is 0 Å². The molecule has 17 heavy (non-hydrogen) atoms. The largest absolute Gasteiger partial charge is 0.115 e. The molecule has 1 unspecified atom stereocenters. The summed E-state index contributed by atoms with van der Waals surface area (Å²) in [6.45, 7) is 7.04. The van der Waals surface area contributed by atoms with E-state index >= 15 is 0 Å². The second-order valence-electron chi connectivity index (χ2n) is 4.87. The predicted molar refractivity (Wildman–Crippen MR) is 79.0 cm³/mol. The van der Waals surface area contributed by atoms with Crippen molar-refractivity contribution in [1.29, 1.82) is 0 Å². The van der Waals surface area contributed by atoms with Crippen LogP contribution in [-0.2, 0) is 0 Å². The van der Waals surface area contributed by atoms with Gasteiger partial charge in [0.2, 0.25) is 0 Å². The van der Waals surface area contributed by atoms with Gasteiger partial charge in [0.25, 0.3) is 0 Å². The molecule has 0 radical (unpaired) electrons. The number of hydrogen-bond acceptors (Lipinski definition) is 0. The van der Waals surface area contributed by atoms with Crippen molar-refractivity contribution in [2.24, 2.45) is 0 Å². The Hall–Kier alpha value is -1.34. The molecule has 0 aliphatic rings. The number of hydrogen-bond donors (Lipinski definition) is 0. The average Bonchev–Trinajstić information content (AvgIpc) is 2.39. The fourth-order valence-electron chi connectivity index (χ4n) is 2.55. The third-order valence-corrected chi connectivity index (χ3v) is 8.63. The highest BCUT2D eigenvalue weighted by atomic mass is 28.3. The minimum Gasteiger partial charge on any atom is -0.0672 e. The molecular formula is C16H20Si. The van der Waals surface area contributed by atoms with Gasteiger partial charge in [-0.15, -0.1) is 0 Å². The average molecular weight is 240 g/mol. The van der Waals surface area contributed by atoms with Crippen LogP contribution in [0.4, 0.5) is 0 Å². The Morgan fingerprint density at radius 3 is 2.06 bits per heavy atom. The van der Waals surface area contributed by atoms with Gasteiger partial charge < -0.3 is 0 Å². The zero-order valence-corrected chi connectivity index (χ0v) is 11.9. The van der Waals surface area contributed by atoms with Crippen LogP contribution in [0.1, 0.15) is 12.5 Å². The SMILES string of the molecule is CC[Si](C)(c1ccccc1)c1ccccc1C. The van der Waals surface area contributed by atoms with E-state index in [9.17, 15) is 0 Å². The second kappa shape index (κ2) is 4.88. The molecule has 0 fully saturated rings. The number of aryl methyl sites for hydroxylation is 1. The van der Waals surface area contributed by atoms with Gasteiger partial charge in [0.05, 0.1) is 0 Å². The van der Waals surface area contributed by atoms with E-state index in [2.05, 4.69) is 75.0 Å². The summed E-state index contributed by atoms with van der Waals surface area (Å²) >= 11 is 0. The maximum absolute atomic E-state index is 2.48. The van der Waals surface area contributed by atoms with E-state index in [1.165, 1.54) is 16.8 Å². The third kappa shape index (κ3) is 2.20. The lowest BCUT2D eigenvalue weighted by molar-refractivity contribution is 1.37. The summed E-state index contributed by atoms with van der Waals surface area (Å²) in [7, 11) is -1.52. The maximum Gasteiger partial charge on any atom is 0.115 e. The molecule has 1 heteroatoms. The Kier molecular flexibility index (Phi) is 3.48. The van der Waals surface area contributed by atoms with Crippen molar-refractivity contribution in [2.75, 3.05) is 0 Å². The summed E-state index contributed by atoms with van der Waals surface area (Å²) in [6, 6.07) is 21.1. The summed E-state index contributed by atoms with van der Waals surface area (Å²) in [4.78, 5) is 0. The fourth-order valence-corrected chi connectivity index (χ4v) is 5.99. The van der Waals surface area contributed by atoms with Gasteiger partial charge in [-0.05, 0) is 6.92 Å². The van der Waals surface area contributed by atoms with E-state index in [1.54, 1.807) is 5.19 Å². The summed E-state index contributed by atoms with van der Waals surface area (Å²) in [5.41, 5.74) is 1.44. The molecule has 88 valence electrons. The standard InChI is InChI=1S/C16H20Si/c1-4-17(3,15-11-6-5-7-12-15)16-13-9-8-10-14(16)2/h5-13H,4H2,1-3H3. The lowest BCUT2D eigenvalue weighted by Gasteiger charge is -2.28. The van der Waals surface area contributed by atoms with E-state index in [0.717, 1.165) is 0 Å². The molecule has 0 saturated heterocycles. The predicted octanol–water partition coefficient (Wildman–Crippen LogP) is 3.21. The Bertz CT molecular complexity index is 490. The molecule has 0 N–H and O–H groups in total. The molecule has 0 amide bonds. The number of benzene rings is 2. The van der Waals surface area contributed by atoms with Crippen molar-refractivity contribution in [3.05, 3.63) is 60.2 Å². The molecule has 0 aliphatic heterocycles. The molecule has 0 heterocycles. The Morgan fingerprint density at radius 2 is 1.47 bits per heavy atom. The van der Waals surface area contributed by atoms with Gasteiger partial charge in [0.1, 0.15) is 8.07 Å². The molecule has 0 aromatic heterocycles. The topological polar surface area (TPSA) is 0 Å². The monoisotopic (exact) mass is 240 g/mol. The van der Waals surface area contributed by atoms with E-state index in [4.69, 9.17) is 0 Å². The van der Waals surface area contributed by atoms with Crippen LogP contribution < -0.4 is 10.4 Å². The zero-order valence-electron chi connectivity index (χ0n) is 10.9. The first-order valence-corrected chi connectivity index (χ1v) is 9.01. The molecule has 2 aromatic carbocycles. The molecule has 0 aliphatic carbocycles. The lowest BCUT2D eigenvalue weighted by atomic mass is 10.2.